The number of carboxylic acid groups (broad SMARTS) is 1. The first-order chi connectivity index (χ1) is 14.7. The van der Waals surface area contributed by atoms with Gasteiger partial charge >= 0.3 is 11.9 Å². The van der Waals surface area contributed by atoms with Gasteiger partial charge in [-0.2, -0.15) is 0 Å². The molecule has 4 rings (SSSR count). The van der Waals surface area contributed by atoms with Gasteiger partial charge < -0.3 is 20.5 Å². The molecule has 0 amide bonds. The number of nitrogens with one attached hydrogen (secondary N) is 2. The van der Waals surface area contributed by atoms with Crippen molar-refractivity contribution in [3.05, 3.63) is 58.2 Å². The first-order valence-corrected chi connectivity index (χ1v) is 10.1. The van der Waals surface area contributed by atoms with Gasteiger partial charge in [0.2, 0.25) is 0 Å². The van der Waals surface area contributed by atoms with Crippen molar-refractivity contribution in [2.45, 2.75) is 46.0 Å². The second-order valence-electron chi connectivity index (χ2n) is 7.77. The van der Waals surface area contributed by atoms with Crippen molar-refractivity contribution in [2.24, 2.45) is 0 Å². The summed E-state index contributed by atoms with van der Waals surface area (Å²) in [6.07, 6.45) is 1.15. The van der Waals surface area contributed by atoms with E-state index in [1.807, 2.05) is 6.92 Å². The van der Waals surface area contributed by atoms with Crippen LogP contribution in [0, 0.1) is 25.5 Å². The van der Waals surface area contributed by atoms with Gasteiger partial charge in [0.1, 0.15) is 11.6 Å². The zero-order valence-electron chi connectivity index (χ0n) is 17.7. The van der Waals surface area contributed by atoms with Gasteiger partial charge in [-0.25, -0.2) is 8.78 Å². The molecule has 32 heavy (non-hydrogen) atoms. The molecule has 8 heteroatoms. The molecule has 2 heterocycles. The molecule has 0 bridgehead atoms. The van der Waals surface area contributed by atoms with Gasteiger partial charge in [0.05, 0.1) is 18.9 Å². The molecule has 0 aromatic heterocycles. The number of methoxy groups -OCH3 is 1. The fourth-order valence-corrected chi connectivity index (χ4v) is 4.21. The number of anilines is 2. The second-order valence-corrected chi connectivity index (χ2v) is 7.77. The smallest absolute Gasteiger partial charge is 0.313 e. The van der Waals surface area contributed by atoms with Gasteiger partial charge in [-0.15, -0.1) is 0 Å². The minimum absolute atomic E-state index is 0. The summed E-state index contributed by atoms with van der Waals surface area (Å²) in [6, 6.07) is 5.60. The molecule has 6 nitrogen and oxygen atoms in total. The Morgan fingerprint density at radius 2 is 1.34 bits per heavy atom. The van der Waals surface area contributed by atoms with Crippen molar-refractivity contribution >= 4 is 23.3 Å². The number of ether oxygens (including phenoxy) is 1. The second kappa shape index (κ2) is 10.4. The SMILES string of the molecule is C.COC(=O)C1CCNc2c(C)cc(F)cc21.Cc1cc(F)cc2c1NCCC2C(=O)O. The number of aryl methyl sites for hydroxylation is 2. The molecule has 2 aromatic rings. The summed E-state index contributed by atoms with van der Waals surface area (Å²) in [5.74, 6) is -2.81. The molecule has 2 aliphatic rings. The summed E-state index contributed by atoms with van der Waals surface area (Å²) in [7, 11) is 1.36. The Bertz CT molecular complexity index is 1010. The maximum absolute atomic E-state index is 13.3. The van der Waals surface area contributed by atoms with Crippen LogP contribution in [0.1, 0.15) is 54.4 Å². The lowest BCUT2D eigenvalue weighted by molar-refractivity contribution is -0.142. The molecule has 0 spiro atoms. The van der Waals surface area contributed by atoms with Crippen LogP contribution in [0.2, 0.25) is 0 Å². The number of rotatable bonds is 2. The number of carbonyl (C=O) groups is 2. The third-order valence-corrected chi connectivity index (χ3v) is 5.67. The summed E-state index contributed by atoms with van der Waals surface area (Å²) in [5.41, 5.74) is 4.49. The normalized spacial score (nSPS) is 18.3. The lowest BCUT2D eigenvalue weighted by Crippen LogP contribution is -2.24. The van der Waals surface area contributed by atoms with E-state index in [0.29, 0.717) is 37.1 Å². The van der Waals surface area contributed by atoms with Crippen LogP contribution in [-0.2, 0) is 14.3 Å². The van der Waals surface area contributed by atoms with E-state index in [-0.39, 0.29) is 30.9 Å². The van der Waals surface area contributed by atoms with Crippen LogP contribution < -0.4 is 10.6 Å². The Morgan fingerprint density at radius 3 is 1.78 bits per heavy atom. The van der Waals surface area contributed by atoms with E-state index >= 15 is 0 Å². The van der Waals surface area contributed by atoms with Crippen LogP contribution in [0.5, 0.6) is 0 Å². The Labute approximate surface area is 187 Å². The predicted molar refractivity (Wildman–Crippen MR) is 120 cm³/mol. The highest BCUT2D eigenvalue weighted by Crippen LogP contribution is 2.36. The largest absolute Gasteiger partial charge is 0.481 e. The van der Waals surface area contributed by atoms with E-state index in [4.69, 9.17) is 9.84 Å². The van der Waals surface area contributed by atoms with Gasteiger partial charge in [-0.05, 0) is 73.2 Å². The molecule has 2 aromatic carbocycles. The molecule has 0 radical (unpaired) electrons. The minimum atomic E-state index is -0.886. The molecule has 0 fully saturated rings. The summed E-state index contributed by atoms with van der Waals surface area (Å²) < 4.78 is 31.2. The molecule has 0 aliphatic carbocycles. The topological polar surface area (TPSA) is 87.7 Å². The third-order valence-electron chi connectivity index (χ3n) is 5.67. The number of hydrogen-bond donors (Lipinski definition) is 3. The van der Waals surface area contributed by atoms with Gasteiger partial charge in [0, 0.05) is 24.5 Å². The number of aliphatic carboxylic acids is 1. The Balaban J connectivity index is 0.000000220. The number of carboxylic acids is 1. The number of hydrogen-bond acceptors (Lipinski definition) is 5. The first-order valence-electron chi connectivity index (χ1n) is 10.1. The van der Waals surface area contributed by atoms with Crippen LogP contribution in [0.4, 0.5) is 20.2 Å². The van der Waals surface area contributed by atoms with Crippen LogP contribution in [0.15, 0.2) is 24.3 Å². The Morgan fingerprint density at radius 1 is 0.906 bits per heavy atom. The zero-order valence-corrected chi connectivity index (χ0v) is 17.7. The standard InChI is InChI=1S/C12H14FNO2.C11H12FNO2.CH4/c1-7-5-8(13)6-10-9(12(15)16-2)3-4-14-11(7)10;1-6-4-7(12)5-9-8(11(14)15)2-3-13-10(6)9;/h5-6,9,14H,3-4H2,1-2H3;4-5,8,13H,2-3H2,1H3,(H,14,15);1H4. The van der Waals surface area contributed by atoms with E-state index in [1.165, 1.54) is 31.4 Å². The molecular weight excluding hydrogens is 418 g/mol. The van der Waals surface area contributed by atoms with Crippen molar-refractivity contribution in [3.8, 4) is 0 Å². The van der Waals surface area contributed by atoms with Crippen LogP contribution in [0.3, 0.4) is 0 Å². The number of halogens is 2. The molecule has 0 saturated heterocycles. The zero-order chi connectivity index (χ0) is 22.7. The molecular formula is C24H30F2N2O4. The predicted octanol–water partition coefficient (Wildman–Crippen LogP) is 4.96. The monoisotopic (exact) mass is 448 g/mol. The number of carbonyl (C=O) groups excluding carboxylic acids is 1. The Kier molecular flexibility index (Phi) is 8.19. The highest BCUT2D eigenvalue weighted by Gasteiger charge is 2.29. The highest BCUT2D eigenvalue weighted by molar-refractivity contribution is 5.82. The highest BCUT2D eigenvalue weighted by atomic mass is 19.1. The van der Waals surface area contributed by atoms with Crippen molar-refractivity contribution in [3.63, 3.8) is 0 Å². The van der Waals surface area contributed by atoms with Crippen LogP contribution in [-0.4, -0.2) is 37.2 Å². The lowest BCUT2D eigenvalue weighted by atomic mass is 9.89. The van der Waals surface area contributed by atoms with Crippen molar-refractivity contribution in [1.82, 2.24) is 0 Å². The molecule has 0 saturated carbocycles. The average molecular weight is 449 g/mol. The fourth-order valence-electron chi connectivity index (χ4n) is 4.21. The maximum Gasteiger partial charge on any atom is 0.313 e. The molecule has 2 unspecified atom stereocenters. The van der Waals surface area contributed by atoms with Crippen LogP contribution in [0.25, 0.3) is 0 Å². The summed E-state index contributed by atoms with van der Waals surface area (Å²) in [5, 5.41) is 15.3. The summed E-state index contributed by atoms with van der Waals surface area (Å²) >= 11 is 0. The number of benzene rings is 2. The maximum atomic E-state index is 13.3. The van der Waals surface area contributed by atoms with Gasteiger partial charge in [-0.3, -0.25) is 9.59 Å². The van der Waals surface area contributed by atoms with Crippen LogP contribution >= 0.6 is 0 Å². The van der Waals surface area contributed by atoms with E-state index in [1.54, 1.807) is 6.92 Å². The molecule has 3 N–H and O–H groups in total. The quantitative estimate of drug-likeness (QED) is 0.563. The van der Waals surface area contributed by atoms with E-state index in [9.17, 15) is 18.4 Å². The minimum Gasteiger partial charge on any atom is -0.481 e. The van der Waals surface area contributed by atoms with E-state index < -0.39 is 11.9 Å². The van der Waals surface area contributed by atoms with Gasteiger partial charge in [-0.1, -0.05) is 7.43 Å². The summed E-state index contributed by atoms with van der Waals surface area (Å²) in [4.78, 5) is 22.6. The third kappa shape index (κ3) is 5.18. The van der Waals surface area contributed by atoms with E-state index in [0.717, 1.165) is 22.5 Å². The summed E-state index contributed by atoms with van der Waals surface area (Å²) in [6.45, 7) is 4.93. The molecule has 174 valence electrons. The number of fused-ring (bicyclic) bond motifs is 2. The van der Waals surface area contributed by atoms with E-state index in [2.05, 4.69) is 10.6 Å². The fraction of sp³-hybridized carbons (Fsp3) is 0.417. The Hall–Kier alpha value is -3.16. The lowest BCUT2D eigenvalue weighted by Gasteiger charge is -2.26. The molecule has 2 atom stereocenters. The number of esters is 1. The van der Waals surface area contributed by atoms with Crippen molar-refractivity contribution in [1.29, 1.82) is 0 Å². The van der Waals surface area contributed by atoms with Gasteiger partial charge in [0.15, 0.2) is 0 Å². The van der Waals surface area contributed by atoms with Crippen molar-refractivity contribution < 1.29 is 28.2 Å². The first kappa shape index (κ1) is 25.1. The van der Waals surface area contributed by atoms with Gasteiger partial charge in [0.25, 0.3) is 0 Å². The molecule has 2 aliphatic heterocycles. The average Bonchev–Trinajstić information content (AvgIpc) is 2.72. The van der Waals surface area contributed by atoms with Crippen molar-refractivity contribution in [2.75, 3.05) is 30.8 Å².